The van der Waals surface area contributed by atoms with Gasteiger partial charge < -0.3 is 0 Å². The van der Waals surface area contributed by atoms with Crippen molar-refractivity contribution in [3.05, 3.63) is 51.7 Å². The normalized spacial score (nSPS) is 13.5. The second-order valence-electron chi connectivity index (χ2n) is 5.17. The maximum atomic E-state index is 12.8. The number of carbonyl (C=O) groups is 1. The summed E-state index contributed by atoms with van der Waals surface area (Å²) in [7, 11) is 0. The van der Waals surface area contributed by atoms with Crippen LogP contribution >= 0.6 is 27.3 Å². The highest BCUT2D eigenvalue weighted by Gasteiger charge is 2.23. The van der Waals surface area contributed by atoms with E-state index in [9.17, 15) is 4.79 Å². The second-order valence-corrected chi connectivity index (χ2v) is 7.15. The molecule has 0 unspecified atom stereocenters. The minimum Gasteiger partial charge on any atom is -0.280 e. The highest BCUT2D eigenvalue weighted by atomic mass is 79.9. The third kappa shape index (κ3) is 3.13. The molecule has 0 atom stereocenters. The zero-order chi connectivity index (χ0) is 15.5. The summed E-state index contributed by atoms with van der Waals surface area (Å²) in [6.07, 6.45) is 9.44. The molecule has 0 saturated carbocycles. The van der Waals surface area contributed by atoms with Gasteiger partial charge in [0.1, 0.15) is 0 Å². The van der Waals surface area contributed by atoms with Crippen LogP contribution in [0.25, 0.3) is 0 Å². The van der Waals surface area contributed by atoms with Gasteiger partial charge in [-0.3, -0.25) is 14.7 Å². The quantitative estimate of drug-likeness (QED) is 0.756. The number of rotatable bonds is 4. The lowest BCUT2D eigenvalue weighted by Gasteiger charge is -2.18. The lowest BCUT2D eigenvalue weighted by Crippen LogP contribution is -2.31. The Morgan fingerprint density at radius 1 is 1.41 bits per heavy atom. The first kappa shape index (κ1) is 15.4. The third-order valence-corrected chi connectivity index (χ3v) is 5.19. The van der Waals surface area contributed by atoms with E-state index in [1.807, 2.05) is 0 Å². The molecule has 2 aromatic heterocycles. The van der Waals surface area contributed by atoms with Crippen LogP contribution in [-0.4, -0.2) is 22.4 Å². The van der Waals surface area contributed by atoms with Crippen molar-refractivity contribution in [3.8, 4) is 0 Å². The summed E-state index contributed by atoms with van der Waals surface area (Å²) in [6, 6.07) is 1.78. The first-order chi connectivity index (χ1) is 10.7. The van der Waals surface area contributed by atoms with Gasteiger partial charge in [0.25, 0.3) is 5.91 Å². The van der Waals surface area contributed by atoms with Crippen LogP contribution in [0, 0.1) is 0 Å². The van der Waals surface area contributed by atoms with Crippen molar-refractivity contribution in [1.29, 1.82) is 0 Å². The molecule has 0 fully saturated rings. The van der Waals surface area contributed by atoms with E-state index in [4.69, 9.17) is 0 Å². The van der Waals surface area contributed by atoms with Crippen molar-refractivity contribution in [2.24, 2.45) is 0 Å². The summed E-state index contributed by atoms with van der Waals surface area (Å²) in [5.74, 6) is -0.0974. The average Bonchev–Trinajstić information content (AvgIpc) is 2.95. The van der Waals surface area contributed by atoms with Gasteiger partial charge in [0.15, 0.2) is 5.13 Å². The molecular formula is C16H16BrN3OS. The lowest BCUT2D eigenvalue weighted by molar-refractivity contribution is 0.0989. The molecule has 114 valence electrons. The van der Waals surface area contributed by atoms with Crippen molar-refractivity contribution in [1.82, 2.24) is 9.97 Å². The van der Waals surface area contributed by atoms with Gasteiger partial charge in [0.2, 0.25) is 0 Å². The van der Waals surface area contributed by atoms with Crippen molar-refractivity contribution >= 4 is 38.3 Å². The first-order valence-electron chi connectivity index (χ1n) is 7.21. The van der Waals surface area contributed by atoms with E-state index in [2.05, 4.69) is 32.5 Å². The fraction of sp³-hybridized carbons (Fsp3) is 0.312. The van der Waals surface area contributed by atoms with Crippen molar-refractivity contribution < 1.29 is 4.79 Å². The summed E-state index contributed by atoms with van der Waals surface area (Å²) in [5.41, 5.74) is 1.70. The van der Waals surface area contributed by atoms with Gasteiger partial charge in [-0.1, -0.05) is 6.08 Å². The summed E-state index contributed by atoms with van der Waals surface area (Å²) >= 11 is 4.98. The number of nitrogens with zero attached hydrogens (tertiary/aromatic N) is 3. The number of halogens is 1. The van der Waals surface area contributed by atoms with Crippen LogP contribution < -0.4 is 4.90 Å². The molecule has 0 bridgehead atoms. The van der Waals surface area contributed by atoms with Crippen molar-refractivity contribution in [3.63, 3.8) is 0 Å². The Labute approximate surface area is 142 Å². The minimum atomic E-state index is -0.0974. The second kappa shape index (κ2) is 6.71. The third-order valence-electron chi connectivity index (χ3n) is 3.57. The van der Waals surface area contributed by atoms with Gasteiger partial charge in [-0.05, 0) is 47.7 Å². The topological polar surface area (TPSA) is 46.1 Å². The molecule has 1 amide bonds. The number of carbonyl (C=O) groups excluding carboxylic acids is 1. The molecule has 4 nitrogen and oxygen atoms in total. The Bertz CT molecular complexity index is 690. The van der Waals surface area contributed by atoms with E-state index in [1.54, 1.807) is 40.8 Å². The molecule has 3 rings (SSSR count). The van der Waals surface area contributed by atoms with Gasteiger partial charge in [-0.2, -0.15) is 0 Å². The predicted octanol–water partition coefficient (Wildman–Crippen LogP) is 4.01. The molecular weight excluding hydrogens is 362 g/mol. The van der Waals surface area contributed by atoms with E-state index in [1.165, 1.54) is 17.7 Å². The fourth-order valence-corrected chi connectivity index (χ4v) is 4.04. The Kier molecular flexibility index (Phi) is 4.69. The van der Waals surface area contributed by atoms with Crippen LogP contribution in [-0.2, 0) is 12.8 Å². The molecule has 0 saturated heterocycles. The highest BCUT2D eigenvalue weighted by molar-refractivity contribution is 9.10. The van der Waals surface area contributed by atoms with Gasteiger partial charge in [-0.15, -0.1) is 17.9 Å². The SMILES string of the molecule is C=CCN(C(=O)c1cncc(Br)c1)c1nc2c(s1)CCCC2. The summed E-state index contributed by atoms with van der Waals surface area (Å²) in [6.45, 7) is 4.20. The zero-order valence-corrected chi connectivity index (χ0v) is 14.5. The van der Waals surface area contributed by atoms with Crippen LogP contribution in [0.2, 0.25) is 0 Å². The zero-order valence-electron chi connectivity index (χ0n) is 12.1. The lowest BCUT2D eigenvalue weighted by atomic mass is 10.0. The molecule has 2 heterocycles. The average molecular weight is 378 g/mol. The van der Waals surface area contributed by atoms with Crippen LogP contribution in [0.4, 0.5) is 5.13 Å². The molecule has 1 aliphatic carbocycles. The van der Waals surface area contributed by atoms with Crippen LogP contribution in [0.5, 0.6) is 0 Å². The molecule has 2 aromatic rings. The maximum absolute atomic E-state index is 12.8. The van der Waals surface area contributed by atoms with E-state index >= 15 is 0 Å². The van der Waals surface area contributed by atoms with Gasteiger partial charge in [0, 0.05) is 28.3 Å². The fourth-order valence-electron chi connectivity index (χ4n) is 2.52. The van der Waals surface area contributed by atoms with Gasteiger partial charge in [-0.25, -0.2) is 4.98 Å². The number of aryl methyl sites for hydroxylation is 2. The van der Waals surface area contributed by atoms with Gasteiger partial charge >= 0.3 is 0 Å². The molecule has 0 N–H and O–H groups in total. The molecule has 0 aromatic carbocycles. The molecule has 0 aliphatic heterocycles. The Morgan fingerprint density at radius 3 is 2.95 bits per heavy atom. The molecule has 6 heteroatoms. The first-order valence-corrected chi connectivity index (χ1v) is 8.82. The van der Waals surface area contributed by atoms with E-state index in [-0.39, 0.29) is 5.91 Å². The predicted molar refractivity (Wildman–Crippen MR) is 92.6 cm³/mol. The summed E-state index contributed by atoms with van der Waals surface area (Å²) in [5, 5.41) is 0.761. The monoisotopic (exact) mass is 377 g/mol. The molecule has 1 aliphatic rings. The van der Waals surface area contributed by atoms with E-state index < -0.39 is 0 Å². The van der Waals surface area contributed by atoms with E-state index in [0.717, 1.165) is 28.1 Å². The number of pyridine rings is 1. The Morgan fingerprint density at radius 2 is 2.23 bits per heavy atom. The molecule has 22 heavy (non-hydrogen) atoms. The van der Waals surface area contributed by atoms with Crippen molar-refractivity contribution in [2.75, 3.05) is 11.4 Å². The molecule has 0 radical (unpaired) electrons. The maximum Gasteiger partial charge on any atom is 0.261 e. The Balaban J connectivity index is 1.93. The number of hydrogen-bond donors (Lipinski definition) is 0. The van der Waals surface area contributed by atoms with Crippen LogP contribution in [0.1, 0.15) is 33.8 Å². The number of aromatic nitrogens is 2. The number of thiazole rings is 1. The summed E-state index contributed by atoms with van der Waals surface area (Å²) < 4.78 is 0.787. The van der Waals surface area contributed by atoms with Crippen molar-refractivity contribution in [2.45, 2.75) is 25.7 Å². The highest BCUT2D eigenvalue weighted by Crippen LogP contribution is 2.32. The number of amides is 1. The van der Waals surface area contributed by atoms with Crippen LogP contribution in [0.3, 0.4) is 0 Å². The minimum absolute atomic E-state index is 0.0974. The largest absolute Gasteiger partial charge is 0.280 e. The number of hydrogen-bond acceptors (Lipinski definition) is 4. The number of fused-ring (bicyclic) bond motifs is 1. The standard InChI is InChI=1S/C16H16BrN3OS/c1-2-7-20(15(21)11-8-12(17)10-18-9-11)16-19-13-5-3-4-6-14(13)22-16/h2,8-10H,1,3-7H2. The molecule has 0 spiro atoms. The summed E-state index contributed by atoms with van der Waals surface area (Å²) in [4.78, 5) is 24.5. The smallest absolute Gasteiger partial charge is 0.261 e. The Hall–Kier alpha value is -1.53. The van der Waals surface area contributed by atoms with Gasteiger partial charge in [0.05, 0.1) is 11.3 Å². The van der Waals surface area contributed by atoms with E-state index in [0.29, 0.717) is 12.1 Å². The van der Waals surface area contributed by atoms with Crippen LogP contribution in [0.15, 0.2) is 35.6 Å². The number of anilines is 1.